The number of ether oxygens (including phenoxy) is 1. The standard InChI is InChI=1S/C18H14BrF3N2O6/c19-12-3-9(1-2-11(12)18(20,21)22)5-23(6-16(27)28)17(29)24-13-8-30-7-10(13)14(25)4-15(24)26/h1-4,25H,5-8H2,(H,27,28). The summed E-state index contributed by atoms with van der Waals surface area (Å²) in [6, 6.07) is 2.86. The van der Waals surface area contributed by atoms with E-state index in [-0.39, 0.29) is 46.8 Å². The molecule has 2 heterocycles. The highest BCUT2D eigenvalue weighted by Crippen LogP contribution is 2.35. The molecule has 0 spiro atoms. The van der Waals surface area contributed by atoms with Gasteiger partial charge in [-0.25, -0.2) is 9.36 Å². The van der Waals surface area contributed by atoms with Gasteiger partial charge in [0.25, 0.3) is 5.56 Å². The van der Waals surface area contributed by atoms with Gasteiger partial charge in [0.15, 0.2) is 0 Å². The minimum Gasteiger partial charge on any atom is -0.507 e. The van der Waals surface area contributed by atoms with Crippen molar-refractivity contribution in [3.8, 4) is 5.75 Å². The van der Waals surface area contributed by atoms with E-state index in [0.717, 1.165) is 29.2 Å². The number of hydrogen-bond donors (Lipinski definition) is 2. The first-order chi connectivity index (χ1) is 14.0. The molecule has 160 valence electrons. The van der Waals surface area contributed by atoms with Crippen LogP contribution in [0.4, 0.5) is 18.0 Å². The number of hydrogen-bond acceptors (Lipinski definition) is 5. The summed E-state index contributed by atoms with van der Waals surface area (Å²) >= 11 is 2.83. The van der Waals surface area contributed by atoms with Gasteiger partial charge in [-0.2, -0.15) is 13.2 Å². The fraction of sp³-hybridized carbons (Fsp3) is 0.278. The Kier molecular flexibility index (Phi) is 5.90. The lowest BCUT2D eigenvalue weighted by Crippen LogP contribution is -2.43. The topological polar surface area (TPSA) is 109 Å². The number of carboxylic acid groups (broad SMARTS) is 1. The van der Waals surface area contributed by atoms with Crippen LogP contribution in [0.3, 0.4) is 0 Å². The number of amides is 1. The second kappa shape index (κ2) is 8.11. The number of benzene rings is 1. The average molecular weight is 491 g/mol. The van der Waals surface area contributed by atoms with Crippen molar-refractivity contribution in [1.82, 2.24) is 9.47 Å². The number of pyridine rings is 1. The Morgan fingerprint density at radius 3 is 2.53 bits per heavy atom. The molecule has 1 aromatic heterocycles. The largest absolute Gasteiger partial charge is 0.507 e. The predicted molar refractivity (Wildman–Crippen MR) is 98.8 cm³/mol. The molecule has 0 saturated carbocycles. The van der Waals surface area contributed by atoms with Gasteiger partial charge in [0.05, 0.1) is 24.5 Å². The molecule has 1 aliphatic heterocycles. The Labute approximate surface area is 175 Å². The van der Waals surface area contributed by atoms with Crippen molar-refractivity contribution >= 4 is 27.9 Å². The molecule has 1 aliphatic rings. The van der Waals surface area contributed by atoms with Crippen LogP contribution in [0.5, 0.6) is 5.75 Å². The summed E-state index contributed by atoms with van der Waals surface area (Å²) in [5, 5.41) is 19.0. The van der Waals surface area contributed by atoms with E-state index >= 15 is 0 Å². The van der Waals surface area contributed by atoms with Gasteiger partial charge >= 0.3 is 18.2 Å². The number of carboxylic acids is 1. The van der Waals surface area contributed by atoms with E-state index in [9.17, 15) is 32.7 Å². The summed E-state index contributed by atoms with van der Waals surface area (Å²) in [5.41, 5.74) is -1.27. The molecule has 1 aromatic carbocycles. The van der Waals surface area contributed by atoms with E-state index in [4.69, 9.17) is 9.84 Å². The van der Waals surface area contributed by atoms with Gasteiger partial charge in [-0.3, -0.25) is 9.59 Å². The van der Waals surface area contributed by atoms with Crippen LogP contribution in [-0.2, 0) is 35.5 Å². The molecule has 0 bridgehead atoms. The summed E-state index contributed by atoms with van der Waals surface area (Å²) in [6.45, 7) is -1.35. The Hall–Kier alpha value is -2.86. The smallest absolute Gasteiger partial charge is 0.417 e. The zero-order chi connectivity index (χ0) is 22.2. The Morgan fingerprint density at radius 2 is 1.93 bits per heavy atom. The summed E-state index contributed by atoms with van der Waals surface area (Å²) < 4.78 is 44.4. The van der Waals surface area contributed by atoms with Gasteiger partial charge < -0.3 is 19.8 Å². The van der Waals surface area contributed by atoms with E-state index in [0.29, 0.717) is 4.57 Å². The van der Waals surface area contributed by atoms with E-state index in [2.05, 4.69) is 15.9 Å². The highest BCUT2D eigenvalue weighted by molar-refractivity contribution is 9.10. The first-order valence-electron chi connectivity index (χ1n) is 8.40. The minimum atomic E-state index is -4.59. The lowest BCUT2D eigenvalue weighted by atomic mass is 10.1. The minimum absolute atomic E-state index is 0.0283. The molecule has 0 atom stereocenters. The van der Waals surface area contributed by atoms with Crippen LogP contribution in [0, 0.1) is 0 Å². The van der Waals surface area contributed by atoms with Crippen LogP contribution < -0.4 is 5.56 Å². The van der Waals surface area contributed by atoms with Gasteiger partial charge in [-0.15, -0.1) is 0 Å². The van der Waals surface area contributed by atoms with Crippen LogP contribution in [0.25, 0.3) is 0 Å². The maximum Gasteiger partial charge on any atom is 0.417 e. The van der Waals surface area contributed by atoms with E-state index in [1.807, 2.05) is 0 Å². The second-order valence-corrected chi connectivity index (χ2v) is 7.32. The number of aromatic hydroxyl groups is 1. The molecule has 2 N–H and O–H groups in total. The number of nitrogens with zero attached hydrogens (tertiary/aromatic N) is 2. The van der Waals surface area contributed by atoms with Crippen LogP contribution in [0.1, 0.15) is 22.4 Å². The molecule has 12 heteroatoms. The monoisotopic (exact) mass is 490 g/mol. The summed E-state index contributed by atoms with van der Waals surface area (Å²) in [7, 11) is 0. The zero-order valence-corrected chi connectivity index (χ0v) is 16.7. The molecule has 1 amide bonds. The lowest BCUT2D eigenvalue weighted by Gasteiger charge is -2.23. The molecule has 3 rings (SSSR count). The first kappa shape index (κ1) is 21.8. The van der Waals surface area contributed by atoms with Crippen LogP contribution in [0.2, 0.25) is 0 Å². The number of alkyl halides is 3. The van der Waals surface area contributed by atoms with Crippen molar-refractivity contribution in [2.24, 2.45) is 0 Å². The highest BCUT2D eigenvalue weighted by Gasteiger charge is 2.33. The Morgan fingerprint density at radius 1 is 1.23 bits per heavy atom. The summed E-state index contributed by atoms with van der Waals surface area (Å²) in [5.74, 6) is -1.72. The van der Waals surface area contributed by atoms with Crippen LogP contribution in [-0.4, -0.2) is 38.2 Å². The Bertz CT molecular complexity index is 1080. The third-order valence-electron chi connectivity index (χ3n) is 4.39. The normalized spacial score (nSPS) is 13.2. The van der Waals surface area contributed by atoms with E-state index < -0.39 is 35.8 Å². The number of aliphatic carboxylic acids is 1. The predicted octanol–water partition coefficient (Wildman–Crippen LogP) is 2.92. The van der Waals surface area contributed by atoms with E-state index in [1.165, 1.54) is 0 Å². The summed E-state index contributed by atoms with van der Waals surface area (Å²) in [6.07, 6.45) is -4.59. The fourth-order valence-corrected chi connectivity index (χ4v) is 3.71. The van der Waals surface area contributed by atoms with Crippen LogP contribution >= 0.6 is 15.9 Å². The number of fused-ring (bicyclic) bond motifs is 1. The Balaban J connectivity index is 1.98. The molecule has 2 aromatic rings. The number of aromatic nitrogens is 1. The summed E-state index contributed by atoms with van der Waals surface area (Å²) in [4.78, 5) is 37.4. The molecule has 30 heavy (non-hydrogen) atoms. The SMILES string of the molecule is O=C(O)CN(Cc1ccc(C(F)(F)F)c(Br)c1)C(=O)n1c2c(c(O)cc1=O)COC2. The maximum absolute atomic E-state index is 13.0. The molecular weight excluding hydrogens is 477 g/mol. The quantitative estimate of drug-likeness (QED) is 0.681. The van der Waals surface area contributed by atoms with Crippen molar-refractivity contribution in [1.29, 1.82) is 0 Å². The van der Waals surface area contributed by atoms with Crippen molar-refractivity contribution in [2.45, 2.75) is 25.9 Å². The van der Waals surface area contributed by atoms with Crippen molar-refractivity contribution < 1.29 is 37.7 Å². The fourth-order valence-electron chi connectivity index (χ4n) is 3.06. The first-order valence-corrected chi connectivity index (χ1v) is 9.19. The van der Waals surface area contributed by atoms with E-state index in [1.54, 1.807) is 0 Å². The molecule has 0 aliphatic carbocycles. The van der Waals surface area contributed by atoms with Gasteiger partial charge in [0.1, 0.15) is 12.3 Å². The molecule has 8 nitrogen and oxygen atoms in total. The zero-order valence-electron chi connectivity index (χ0n) is 15.1. The maximum atomic E-state index is 13.0. The van der Waals surface area contributed by atoms with Gasteiger partial charge in [-0.1, -0.05) is 22.0 Å². The van der Waals surface area contributed by atoms with Gasteiger partial charge in [0.2, 0.25) is 0 Å². The van der Waals surface area contributed by atoms with Crippen molar-refractivity contribution in [2.75, 3.05) is 6.54 Å². The second-order valence-electron chi connectivity index (χ2n) is 6.47. The average Bonchev–Trinajstić information content (AvgIpc) is 3.09. The molecule has 0 saturated heterocycles. The molecule has 0 radical (unpaired) electrons. The third kappa shape index (κ3) is 4.33. The van der Waals surface area contributed by atoms with Crippen LogP contribution in [0.15, 0.2) is 33.5 Å². The highest BCUT2D eigenvalue weighted by atomic mass is 79.9. The number of carbonyl (C=O) groups is 2. The molecule has 0 fully saturated rings. The third-order valence-corrected chi connectivity index (χ3v) is 5.05. The molecule has 0 unspecified atom stereocenters. The van der Waals surface area contributed by atoms with Crippen molar-refractivity contribution in [3.63, 3.8) is 0 Å². The number of halogens is 4. The van der Waals surface area contributed by atoms with Gasteiger partial charge in [-0.05, 0) is 17.7 Å². The lowest BCUT2D eigenvalue weighted by molar-refractivity contribution is -0.138. The van der Waals surface area contributed by atoms with Gasteiger partial charge in [0, 0.05) is 22.6 Å². The number of carbonyl (C=O) groups excluding carboxylic acids is 1. The van der Waals surface area contributed by atoms with Crippen molar-refractivity contribution in [3.05, 3.63) is 61.5 Å². The molecular formula is C18H14BrF3N2O6. The number of rotatable bonds is 4.